The molecule has 3 rings (SSSR count). The molecular weight excluding hydrogens is 272 g/mol. The molecule has 1 aromatic heterocycles. The fraction of sp³-hybridized carbons (Fsp3) is 0.600. The molecule has 21 heavy (non-hydrogen) atoms. The largest absolute Gasteiger partial charge is 0.480 e. The predicted molar refractivity (Wildman–Crippen MR) is 74.5 cm³/mol. The summed E-state index contributed by atoms with van der Waals surface area (Å²) in [7, 11) is 1.68. The van der Waals surface area contributed by atoms with Gasteiger partial charge in [0.2, 0.25) is 0 Å². The Morgan fingerprint density at radius 1 is 1.48 bits per heavy atom. The number of amides is 2. The third kappa shape index (κ3) is 2.50. The van der Waals surface area contributed by atoms with Crippen LogP contribution in [0.25, 0.3) is 0 Å². The van der Waals surface area contributed by atoms with Crippen molar-refractivity contribution >= 4 is 12.0 Å². The summed E-state index contributed by atoms with van der Waals surface area (Å²) in [6, 6.07) is 2.67. The van der Waals surface area contributed by atoms with Crippen LogP contribution in [-0.2, 0) is 11.3 Å². The summed E-state index contributed by atoms with van der Waals surface area (Å²) >= 11 is 0. The van der Waals surface area contributed by atoms with E-state index in [9.17, 15) is 14.7 Å². The smallest absolute Gasteiger partial charge is 0.326 e. The predicted octanol–water partition coefficient (Wildman–Crippen LogP) is 2.02. The minimum Gasteiger partial charge on any atom is -0.480 e. The first kappa shape index (κ1) is 14.0. The van der Waals surface area contributed by atoms with Crippen LogP contribution < -0.4 is 0 Å². The van der Waals surface area contributed by atoms with E-state index in [1.54, 1.807) is 25.4 Å². The van der Waals surface area contributed by atoms with Crippen molar-refractivity contribution in [2.45, 2.75) is 31.8 Å². The molecule has 2 fully saturated rings. The van der Waals surface area contributed by atoms with Gasteiger partial charge in [0.05, 0.1) is 12.8 Å². The lowest BCUT2D eigenvalue weighted by Gasteiger charge is -2.28. The van der Waals surface area contributed by atoms with E-state index in [1.807, 2.05) is 0 Å². The van der Waals surface area contributed by atoms with Crippen LogP contribution in [0.1, 0.15) is 25.0 Å². The summed E-state index contributed by atoms with van der Waals surface area (Å²) in [5.74, 6) is 0.261. The van der Waals surface area contributed by atoms with Gasteiger partial charge < -0.3 is 19.3 Å². The van der Waals surface area contributed by atoms with E-state index in [2.05, 4.69) is 0 Å². The average molecular weight is 292 g/mol. The van der Waals surface area contributed by atoms with Crippen LogP contribution in [0.15, 0.2) is 22.8 Å². The van der Waals surface area contributed by atoms with Gasteiger partial charge in [0.1, 0.15) is 11.8 Å². The lowest BCUT2D eigenvalue weighted by molar-refractivity contribution is -0.142. The zero-order valence-electron chi connectivity index (χ0n) is 12.1. The van der Waals surface area contributed by atoms with Gasteiger partial charge in [-0.05, 0) is 36.8 Å². The second-order valence-corrected chi connectivity index (χ2v) is 6.01. The molecule has 3 unspecified atom stereocenters. The standard InChI is InChI=1S/C15H20N2O4/c1-16(9-11-5-3-7-21-11)15(20)17-8-10-4-2-6-12(10)13(17)14(18)19/h3,5,7,10,12-13H,2,4,6,8-9H2,1H3,(H,18,19). The molecule has 0 radical (unpaired) electrons. The Hall–Kier alpha value is -1.98. The quantitative estimate of drug-likeness (QED) is 0.925. The van der Waals surface area contributed by atoms with Gasteiger partial charge in [-0.2, -0.15) is 0 Å². The normalized spacial score (nSPS) is 27.7. The first-order valence-electron chi connectivity index (χ1n) is 7.35. The van der Waals surface area contributed by atoms with Crippen LogP contribution in [0.2, 0.25) is 0 Å². The Kier molecular flexibility index (Phi) is 3.61. The number of carbonyl (C=O) groups is 2. The van der Waals surface area contributed by atoms with E-state index in [4.69, 9.17) is 4.42 Å². The first-order chi connectivity index (χ1) is 10.1. The number of carboxylic acids is 1. The Balaban J connectivity index is 1.72. The summed E-state index contributed by atoms with van der Waals surface area (Å²) in [6.07, 6.45) is 4.57. The van der Waals surface area contributed by atoms with Crippen molar-refractivity contribution in [1.29, 1.82) is 0 Å². The number of hydrogen-bond donors (Lipinski definition) is 1. The van der Waals surface area contributed by atoms with Crippen molar-refractivity contribution in [2.24, 2.45) is 11.8 Å². The first-order valence-corrected chi connectivity index (χ1v) is 7.35. The van der Waals surface area contributed by atoms with Crippen molar-refractivity contribution in [2.75, 3.05) is 13.6 Å². The second-order valence-electron chi connectivity index (χ2n) is 6.01. The number of carbonyl (C=O) groups excluding carboxylic acids is 1. The lowest BCUT2D eigenvalue weighted by atomic mass is 9.94. The number of rotatable bonds is 3. The Bertz CT molecular complexity index is 528. The molecule has 1 N–H and O–H groups in total. The van der Waals surface area contributed by atoms with E-state index >= 15 is 0 Å². The number of nitrogens with zero attached hydrogens (tertiary/aromatic N) is 2. The summed E-state index contributed by atoms with van der Waals surface area (Å²) < 4.78 is 5.24. The maximum Gasteiger partial charge on any atom is 0.326 e. The highest BCUT2D eigenvalue weighted by Crippen LogP contribution is 2.42. The van der Waals surface area contributed by atoms with E-state index in [1.165, 1.54) is 9.80 Å². The summed E-state index contributed by atoms with van der Waals surface area (Å²) in [5.41, 5.74) is 0. The second kappa shape index (κ2) is 5.42. The SMILES string of the molecule is CN(Cc1ccco1)C(=O)N1CC2CCCC2C1C(=O)O. The highest BCUT2D eigenvalue weighted by molar-refractivity contribution is 5.83. The fourth-order valence-corrected chi connectivity index (χ4v) is 3.74. The van der Waals surface area contributed by atoms with Crippen LogP contribution in [0.4, 0.5) is 4.79 Å². The van der Waals surface area contributed by atoms with Gasteiger partial charge >= 0.3 is 12.0 Å². The average Bonchev–Trinajstić information content (AvgIpc) is 3.12. The van der Waals surface area contributed by atoms with Crippen LogP contribution >= 0.6 is 0 Å². The number of hydrogen-bond acceptors (Lipinski definition) is 3. The van der Waals surface area contributed by atoms with E-state index in [-0.39, 0.29) is 11.9 Å². The molecule has 6 heteroatoms. The third-order valence-corrected chi connectivity index (χ3v) is 4.69. The van der Waals surface area contributed by atoms with Gasteiger partial charge in [-0.15, -0.1) is 0 Å². The van der Waals surface area contributed by atoms with Crippen LogP contribution in [-0.4, -0.2) is 46.5 Å². The van der Waals surface area contributed by atoms with Gasteiger partial charge in [-0.3, -0.25) is 0 Å². The van der Waals surface area contributed by atoms with Gasteiger partial charge in [-0.25, -0.2) is 9.59 Å². The molecule has 6 nitrogen and oxygen atoms in total. The summed E-state index contributed by atoms with van der Waals surface area (Å²) in [6.45, 7) is 0.910. The highest BCUT2D eigenvalue weighted by Gasteiger charge is 2.50. The number of furan rings is 1. The zero-order chi connectivity index (χ0) is 15.0. The minimum atomic E-state index is -0.885. The Morgan fingerprint density at radius 2 is 2.29 bits per heavy atom. The highest BCUT2D eigenvalue weighted by atomic mass is 16.4. The van der Waals surface area contributed by atoms with Crippen molar-refractivity contribution < 1.29 is 19.1 Å². The number of aliphatic carboxylic acids is 1. The molecule has 1 saturated heterocycles. The molecule has 0 aromatic carbocycles. The van der Waals surface area contributed by atoms with Crippen molar-refractivity contribution in [3.05, 3.63) is 24.2 Å². The lowest BCUT2D eigenvalue weighted by Crippen LogP contribution is -2.48. The molecule has 1 aliphatic carbocycles. The van der Waals surface area contributed by atoms with E-state index in [0.717, 1.165) is 19.3 Å². The van der Waals surface area contributed by atoms with Crippen molar-refractivity contribution in [3.8, 4) is 0 Å². The number of urea groups is 1. The van der Waals surface area contributed by atoms with Gasteiger partial charge in [0, 0.05) is 13.6 Å². The summed E-state index contributed by atoms with van der Waals surface area (Å²) in [4.78, 5) is 27.2. The van der Waals surface area contributed by atoms with Crippen molar-refractivity contribution in [3.63, 3.8) is 0 Å². The topological polar surface area (TPSA) is 74.0 Å². The molecule has 114 valence electrons. The zero-order valence-corrected chi connectivity index (χ0v) is 12.1. The van der Waals surface area contributed by atoms with Crippen LogP contribution in [0, 0.1) is 11.8 Å². The molecule has 0 spiro atoms. The van der Waals surface area contributed by atoms with Gasteiger partial charge in [-0.1, -0.05) is 6.42 Å². The van der Waals surface area contributed by atoms with Gasteiger partial charge in [0.15, 0.2) is 0 Å². The summed E-state index contributed by atoms with van der Waals surface area (Å²) in [5, 5.41) is 9.49. The third-order valence-electron chi connectivity index (χ3n) is 4.69. The van der Waals surface area contributed by atoms with E-state index < -0.39 is 12.0 Å². The van der Waals surface area contributed by atoms with Crippen LogP contribution in [0.5, 0.6) is 0 Å². The molecule has 2 heterocycles. The molecule has 2 aliphatic rings. The molecule has 1 aromatic rings. The van der Waals surface area contributed by atoms with Gasteiger partial charge in [0.25, 0.3) is 0 Å². The molecule has 1 saturated carbocycles. The maximum absolute atomic E-state index is 12.6. The minimum absolute atomic E-state index is 0.114. The van der Waals surface area contributed by atoms with E-state index in [0.29, 0.717) is 24.8 Å². The number of carboxylic acid groups (broad SMARTS) is 1. The monoisotopic (exact) mass is 292 g/mol. The number of fused-ring (bicyclic) bond motifs is 1. The molecular formula is C15H20N2O4. The maximum atomic E-state index is 12.6. The molecule has 3 atom stereocenters. The Labute approximate surface area is 123 Å². The van der Waals surface area contributed by atoms with Crippen molar-refractivity contribution in [1.82, 2.24) is 9.80 Å². The van der Waals surface area contributed by atoms with Crippen LogP contribution in [0.3, 0.4) is 0 Å². The molecule has 1 aliphatic heterocycles. The fourth-order valence-electron chi connectivity index (χ4n) is 3.74. The number of likely N-dealkylation sites (tertiary alicyclic amines) is 1. The Morgan fingerprint density at radius 3 is 2.95 bits per heavy atom. The molecule has 2 amide bonds. The molecule has 0 bridgehead atoms.